The van der Waals surface area contributed by atoms with Crippen LogP contribution in [0.15, 0.2) is 48.5 Å². The highest BCUT2D eigenvalue weighted by Crippen LogP contribution is 2.21. The Hall–Kier alpha value is -3.02. The third-order valence-electron chi connectivity index (χ3n) is 5.45. The van der Waals surface area contributed by atoms with Crippen LogP contribution >= 0.6 is 0 Å². The van der Waals surface area contributed by atoms with Gasteiger partial charge in [0.15, 0.2) is 0 Å². The van der Waals surface area contributed by atoms with Gasteiger partial charge in [-0.15, -0.1) is 0 Å². The average Bonchev–Trinajstić information content (AvgIpc) is 2.79. The van der Waals surface area contributed by atoms with Crippen LogP contribution < -0.4 is 15.0 Å². The van der Waals surface area contributed by atoms with E-state index in [4.69, 9.17) is 4.74 Å². The number of ether oxygens (including phenoxy) is 1. The van der Waals surface area contributed by atoms with Crippen molar-refractivity contribution in [2.24, 2.45) is 0 Å². The van der Waals surface area contributed by atoms with Crippen molar-refractivity contribution in [1.29, 1.82) is 0 Å². The highest BCUT2D eigenvalue weighted by molar-refractivity contribution is 6.04. The van der Waals surface area contributed by atoms with E-state index < -0.39 is 0 Å². The first-order chi connectivity index (χ1) is 14.5. The van der Waals surface area contributed by atoms with Crippen molar-refractivity contribution in [3.05, 3.63) is 54.1 Å². The first kappa shape index (κ1) is 21.7. The maximum atomic E-state index is 12.5. The highest BCUT2D eigenvalue weighted by atomic mass is 16.5. The van der Waals surface area contributed by atoms with E-state index in [2.05, 4.69) is 17.1 Å². The molecule has 1 unspecified atom stereocenters. The number of hydrogen-bond donors (Lipinski definition) is 1. The van der Waals surface area contributed by atoms with Crippen molar-refractivity contribution in [3.8, 4) is 5.75 Å². The van der Waals surface area contributed by atoms with E-state index in [0.29, 0.717) is 12.0 Å². The standard InChI is InChI=1S/C24H31N3O3/c1-4-18(3)30-22-12-6-19(7-13-22)24(29)25-20-8-10-21(11-9-20)26-14-16-27(17-15-26)23(28)5-2/h6-13,18H,4-5,14-17H2,1-3H3,(H,25,29). The summed E-state index contributed by atoms with van der Waals surface area (Å²) in [4.78, 5) is 28.5. The maximum absolute atomic E-state index is 12.5. The number of amides is 2. The van der Waals surface area contributed by atoms with Crippen LogP contribution in [0.1, 0.15) is 44.0 Å². The van der Waals surface area contributed by atoms with Gasteiger partial charge in [-0.05, 0) is 61.9 Å². The molecule has 0 bridgehead atoms. The van der Waals surface area contributed by atoms with Crippen LogP contribution in [0.2, 0.25) is 0 Å². The van der Waals surface area contributed by atoms with E-state index in [-0.39, 0.29) is 17.9 Å². The second kappa shape index (κ2) is 10.1. The number of carbonyl (C=O) groups is 2. The average molecular weight is 410 g/mol. The fraction of sp³-hybridized carbons (Fsp3) is 0.417. The number of rotatable bonds is 7. The lowest BCUT2D eigenvalue weighted by Gasteiger charge is -2.36. The van der Waals surface area contributed by atoms with Gasteiger partial charge < -0.3 is 19.9 Å². The van der Waals surface area contributed by atoms with Crippen LogP contribution in [0, 0.1) is 0 Å². The molecule has 0 saturated carbocycles. The van der Waals surface area contributed by atoms with Crippen molar-refractivity contribution in [2.45, 2.75) is 39.7 Å². The Labute approximate surface area is 178 Å². The zero-order valence-corrected chi connectivity index (χ0v) is 18.1. The summed E-state index contributed by atoms with van der Waals surface area (Å²) in [6.45, 7) is 9.14. The minimum atomic E-state index is -0.149. The Kier molecular flexibility index (Phi) is 7.33. The van der Waals surface area contributed by atoms with Crippen molar-refractivity contribution in [2.75, 3.05) is 36.4 Å². The molecule has 1 heterocycles. The van der Waals surface area contributed by atoms with Crippen molar-refractivity contribution in [3.63, 3.8) is 0 Å². The summed E-state index contributed by atoms with van der Waals surface area (Å²) >= 11 is 0. The predicted molar refractivity (Wildman–Crippen MR) is 120 cm³/mol. The van der Waals surface area contributed by atoms with Gasteiger partial charge in [0.25, 0.3) is 5.91 Å². The molecule has 1 N–H and O–H groups in total. The summed E-state index contributed by atoms with van der Waals surface area (Å²) < 4.78 is 5.76. The van der Waals surface area contributed by atoms with Crippen LogP contribution in [0.25, 0.3) is 0 Å². The number of carbonyl (C=O) groups excluding carboxylic acids is 2. The molecular formula is C24H31N3O3. The molecule has 3 rings (SSSR count). The van der Waals surface area contributed by atoms with E-state index in [9.17, 15) is 9.59 Å². The molecule has 30 heavy (non-hydrogen) atoms. The first-order valence-corrected chi connectivity index (χ1v) is 10.7. The van der Waals surface area contributed by atoms with E-state index in [0.717, 1.165) is 49.7 Å². The zero-order valence-electron chi connectivity index (χ0n) is 18.1. The Bertz CT molecular complexity index is 841. The quantitative estimate of drug-likeness (QED) is 0.745. The third-order valence-corrected chi connectivity index (χ3v) is 5.45. The lowest BCUT2D eigenvalue weighted by Crippen LogP contribution is -2.48. The molecule has 1 fully saturated rings. The molecule has 1 saturated heterocycles. The predicted octanol–water partition coefficient (Wildman–Crippen LogP) is 4.17. The van der Waals surface area contributed by atoms with E-state index >= 15 is 0 Å². The minimum absolute atomic E-state index is 0.149. The molecular weight excluding hydrogens is 378 g/mol. The Balaban J connectivity index is 1.54. The van der Waals surface area contributed by atoms with Crippen LogP contribution in [0.5, 0.6) is 5.75 Å². The SMILES string of the molecule is CCC(=O)N1CCN(c2ccc(NC(=O)c3ccc(OC(C)CC)cc3)cc2)CC1. The molecule has 1 aliphatic rings. The van der Waals surface area contributed by atoms with Crippen LogP contribution in [-0.2, 0) is 4.79 Å². The van der Waals surface area contributed by atoms with Crippen molar-refractivity contribution in [1.82, 2.24) is 4.90 Å². The summed E-state index contributed by atoms with van der Waals surface area (Å²) in [6, 6.07) is 15.1. The van der Waals surface area contributed by atoms with Gasteiger partial charge in [-0.25, -0.2) is 0 Å². The van der Waals surface area contributed by atoms with E-state index in [1.807, 2.05) is 55.1 Å². The summed E-state index contributed by atoms with van der Waals surface area (Å²) in [6.07, 6.45) is 1.64. The summed E-state index contributed by atoms with van der Waals surface area (Å²) in [5.41, 5.74) is 2.44. The van der Waals surface area contributed by atoms with Gasteiger partial charge in [-0.1, -0.05) is 13.8 Å². The van der Waals surface area contributed by atoms with Crippen molar-refractivity contribution < 1.29 is 14.3 Å². The van der Waals surface area contributed by atoms with Gasteiger partial charge in [-0.2, -0.15) is 0 Å². The number of benzene rings is 2. The molecule has 2 amide bonds. The number of nitrogens with one attached hydrogen (secondary N) is 1. The third kappa shape index (κ3) is 5.53. The van der Waals surface area contributed by atoms with Crippen LogP contribution in [-0.4, -0.2) is 49.0 Å². The van der Waals surface area contributed by atoms with Crippen LogP contribution in [0.4, 0.5) is 11.4 Å². The Morgan fingerprint density at radius 1 is 0.967 bits per heavy atom. The zero-order chi connectivity index (χ0) is 21.5. The van der Waals surface area contributed by atoms with Gasteiger partial charge in [-0.3, -0.25) is 9.59 Å². The fourth-order valence-corrected chi connectivity index (χ4v) is 3.40. The smallest absolute Gasteiger partial charge is 0.255 e. The summed E-state index contributed by atoms with van der Waals surface area (Å²) in [5, 5.41) is 2.94. The molecule has 2 aromatic rings. The molecule has 0 radical (unpaired) electrons. The largest absolute Gasteiger partial charge is 0.491 e. The van der Waals surface area contributed by atoms with Gasteiger partial charge in [0.05, 0.1) is 6.10 Å². The Morgan fingerprint density at radius 3 is 2.17 bits per heavy atom. The van der Waals surface area contributed by atoms with Crippen molar-refractivity contribution >= 4 is 23.2 Å². The first-order valence-electron chi connectivity index (χ1n) is 10.7. The van der Waals surface area contributed by atoms with Gasteiger partial charge in [0, 0.05) is 49.5 Å². The number of piperazine rings is 1. The molecule has 6 heteroatoms. The fourth-order valence-electron chi connectivity index (χ4n) is 3.40. The molecule has 6 nitrogen and oxygen atoms in total. The lowest BCUT2D eigenvalue weighted by molar-refractivity contribution is -0.131. The second-order valence-corrected chi connectivity index (χ2v) is 7.58. The molecule has 160 valence electrons. The molecule has 0 aliphatic carbocycles. The number of hydrogen-bond acceptors (Lipinski definition) is 4. The lowest BCUT2D eigenvalue weighted by atomic mass is 10.2. The molecule has 0 spiro atoms. The Morgan fingerprint density at radius 2 is 1.60 bits per heavy atom. The molecule has 1 aliphatic heterocycles. The highest BCUT2D eigenvalue weighted by Gasteiger charge is 2.20. The van der Waals surface area contributed by atoms with E-state index in [1.165, 1.54) is 0 Å². The van der Waals surface area contributed by atoms with Gasteiger partial charge >= 0.3 is 0 Å². The summed E-state index contributed by atoms with van der Waals surface area (Å²) in [5.74, 6) is 0.836. The molecule has 2 aromatic carbocycles. The normalized spacial score (nSPS) is 14.9. The molecule has 1 atom stereocenters. The second-order valence-electron chi connectivity index (χ2n) is 7.58. The minimum Gasteiger partial charge on any atom is -0.491 e. The monoisotopic (exact) mass is 409 g/mol. The topological polar surface area (TPSA) is 61.9 Å². The summed E-state index contributed by atoms with van der Waals surface area (Å²) in [7, 11) is 0. The maximum Gasteiger partial charge on any atom is 0.255 e. The van der Waals surface area contributed by atoms with Gasteiger partial charge in [0.2, 0.25) is 5.91 Å². The number of nitrogens with zero attached hydrogens (tertiary/aromatic N) is 2. The molecule has 0 aromatic heterocycles. The van der Waals surface area contributed by atoms with Crippen LogP contribution in [0.3, 0.4) is 0 Å². The van der Waals surface area contributed by atoms with E-state index in [1.54, 1.807) is 12.1 Å². The number of anilines is 2. The van der Waals surface area contributed by atoms with Gasteiger partial charge in [0.1, 0.15) is 5.75 Å².